The van der Waals surface area contributed by atoms with E-state index in [1.54, 1.807) is 26.2 Å². The Kier molecular flexibility index (Phi) is 7.19. The van der Waals surface area contributed by atoms with Crippen LogP contribution in [0.1, 0.15) is 6.92 Å². The molecule has 0 amide bonds. The Hall–Kier alpha value is -2.93. The molecule has 29 heavy (non-hydrogen) atoms. The van der Waals surface area contributed by atoms with Crippen LogP contribution in [0.15, 0.2) is 53.6 Å². The maximum absolute atomic E-state index is 12.5. The fourth-order valence-corrected chi connectivity index (χ4v) is 3.33. The summed E-state index contributed by atoms with van der Waals surface area (Å²) in [5.74, 6) is 0.616. The number of nitrogens with one attached hydrogen (secondary N) is 1. The molecule has 1 N–H and O–H groups in total. The number of anilines is 2. The highest BCUT2D eigenvalue weighted by Gasteiger charge is 2.26. The maximum Gasteiger partial charge on any atom is 0.375 e. The van der Waals surface area contributed by atoms with E-state index in [2.05, 4.69) is 15.4 Å². The summed E-state index contributed by atoms with van der Waals surface area (Å²) in [5, 5.41) is 4.85. The Morgan fingerprint density at radius 3 is 2.48 bits per heavy atom. The number of ether oxygens (including phenoxy) is 2. The van der Waals surface area contributed by atoms with Crippen LogP contribution in [-0.4, -0.2) is 56.6 Å². The molecule has 1 fully saturated rings. The second-order valence-electron chi connectivity index (χ2n) is 6.39. The number of carbonyl (C=O) groups is 1. The Balaban J connectivity index is 1.73. The van der Waals surface area contributed by atoms with Gasteiger partial charge in [-0.1, -0.05) is 35.9 Å². The van der Waals surface area contributed by atoms with Crippen molar-refractivity contribution in [2.75, 3.05) is 50.2 Å². The summed E-state index contributed by atoms with van der Waals surface area (Å²) in [6.07, 6.45) is 0. The quantitative estimate of drug-likeness (QED) is 0.348. The van der Waals surface area contributed by atoms with Gasteiger partial charge >= 0.3 is 5.97 Å². The summed E-state index contributed by atoms with van der Waals surface area (Å²) in [6, 6.07) is 15.2. The number of hydrogen-bond donors (Lipinski definition) is 1. The van der Waals surface area contributed by atoms with E-state index in [0.29, 0.717) is 23.8 Å². The van der Waals surface area contributed by atoms with Gasteiger partial charge in [-0.25, -0.2) is 4.79 Å². The minimum absolute atomic E-state index is 0.242. The number of amidine groups is 1. The van der Waals surface area contributed by atoms with Gasteiger partial charge in [0.05, 0.1) is 30.1 Å². The molecule has 3 rings (SSSR count). The molecule has 0 aliphatic carbocycles. The van der Waals surface area contributed by atoms with Crippen LogP contribution < -0.4 is 15.1 Å². The molecule has 0 aromatic heterocycles. The Labute approximate surface area is 175 Å². The van der Waals surface area contributed by atoms with Crippen LogP contribution in [0, 0.1) is 0 Å². The molecular weight excluding hydrogens is 392 g/mol. The fourth-order valence-electron chi connectivity index (χ4n) is 3.16. The van der Waals surface area contributed by atoms with Crippen molar-refractivity contribution in [3.8, 4) is 5.75 Å². The van der Waals surface area contributed by atoms with E-state index in [9.17, 15) is 4.79 Å². The molecular formula is C21H25ClN4O3. The van der Waals surface area contributed by atoms with E-state index in [1.165, 1.54) is 0 Å². The van der Waals surface area contributed by atoms with Gasteiger partial charge in [-0.2, -0.15) is 0 Å². The summed E-state index contributed by atoms with van der Waals surface area (Å²) in [5.41, 5.74) is 4.56. The lowest BCUT2D eigenvalue weighted by atomic mass is 10.2. The van der Waals surface area contributed by atoms with Gasteiger partial charge in [0.25, 0.3) is 0 Å². The van der Waals surface area contributed by atoms with Crippen molar-refractivity contribution >= 4 is 34.8 Å². The predicted octanol–water partition coefficient (Wildman–Crippen LogP) is 3.46. The SMILES string of the molecule is CCOC(=O)C(=NNc1ccccc1Cl)N1CCN(c2ccccc2OC)CC1. The predicted molar refractivity (Wildman–Crippen MR) is 116 cm³/mol. The van der Waals surface area contributed by atoms with Crippen molar-refractivity contribution in [2.45, 2.75) is 6.92 Å². The third-order valence-corrected chi connectivity index (χ3v) is 4.95. The van der Waals surface area contributed by atoms with Gasteiger partial charge in [0, 0.05) is 26.2 Å². The van der Waals surface area contributed by atoms with Gasteiger partial charge in [0.2, 0.25) is 5.84 Å². The minimum Gasteiger partial charge on any atom is -0.495 e. The number of esters is 1. The Bertz CT molecular complexity index is 867. The third-order valence-electron chi connectivity index (χ3n) is 4.62. The van der Waals surface area contributed by atoms with Gasteiger partial charge in [-0.05, 0) is 31.2 Å². The van der Waals surface area contributed by atoms with Crippen LogP contribution in [0.25, 0.3) is 0 Å². The zero-order valence-corrected chi connectivity index (χ0v) is 17.4. The van der Waals surface area contributed by atoms with Gasteiger partial charge in [-0.3, -0.25) is 5.43 Å². The van der Waals surface area contributed by atoms with Crippen molar-refractivity contribution in [3.05, 3.63) is 53.6 Å². The van der Waals surface area contributed by atoms with E-state index in [1.807, 2.05) is 41.3 Å². The molecule has 0 saturated carbocycles. The second kappa shape index (κ2) is 10.0. The number of rotatable bonds is 5. The normalized spacial score (nSPS) is 14.5. The van der Waals surface area contributed by atoms with E-state index < -0.39 is 5.97 Å². The molecule has 0 spiro atoms. The molecule has 1 aliphatic heterocycles. The number of hydrazone groups is 1. The number of methoxy groups -OCH3 is 1. The number of hydrogen-bond acceptors (Lipinski definition) is 6. The first-order valence-electron chi connectivity index (χ1n) is 9.52. The first-order valence-corrected chi connectivity index (χ1v) is 9.90. The monoisotopic (exact) mass is 416 g/mol. The first kappa shape index (κ1) is 20.8. The molecule has 0 unspecified atom stereocenters. The van der Waals surface area contributed by atoms with Crippen molar-refractivity contribution in [1.29, 1.82) is 0 Å². The molecule has 0 bridgehead atoms. The lowest BCUT2D eigenvalue weighted by Gasteiger charge is -2.37. The number of nitrogens with zero attached hydrogens (tertiary/aromatic N) is 3. The summed E-state index contributed by atoms with van der Waals surface area (Å²) in [7, 11) is 1.67. The van der Waals surface area contributed by atoms with Gasteiger partial charge in [0.15, 0.2) is 0 Å². The summed E-state index contributed by atoms with van der Waals surface area (Å²) >= 11 is 6.17. The van der Waals surface area contributed by atoms with Crippen LogP contribution in [0.2, 0.25) is 5.02 Å². The zero-order chi connectivity index (χ0) is 20.6. The topological polar surface area (TPSA) is 66.4 Å². The van der Waals surface area contributed by atoms with Crippen molar-refractivity contribution < 1.29 is 14.3 Å². The average Bonchev–Trinajstić information content (AvgIpc) is 2.76. The van der Waals surface area contributed by atoms with Gasteiger partial charge in [-0.15, -0.1) is 5.10 Å². The number of halogens is 1. The van der Waals surface area contributed by atoms with Crippen molar-refractivity contribution in [2.24, 2.45) is 5.10 Å². The summed E-state index contributed by atoms with van der Waals surface area (Å²) < 4.78 is 10.7. The third kappa shape index (κ3) is 5.12. The van der Waals surface area contributed by atoms with Crippen LogP contribution in [0.3, 0.4) is 0 Å². The largest absolute Gasteiger partial charge is 0.495 e. The summed E-state index contributed by atoms with van der Waals surface area (Å²) in [6.45, 7) is 4.76. The molecule has 7 nitrogen and oxygen atoms in total. The molecule has 0 atom stereocenters. The lowest BCUT2D eigenvalue weighted by Crippen LogP contribution is -2.51. The smallest absolute Gasteiger partial charge is 0.375 e. The van der Waals surface area contributed by atoms with E-state index in [4.69, 9.17) is 21.1 Å². The number of piperazine rings is 1. The molecule has 2 aromatic rings. The zero-order valence-electron chi connectivity index (χ0n) is 16.6. The van der Waals surface area contributed by atoms with Crippen LogP contribution in [0.4, 0.5) is 11.4 Å². The minimum atomic E-state index is -0.460. The van der Waals surface area contributed by atoms with E-state index >= 15 is 0 Å². The van der Waals surface area contributed by atoms with Crippen LogP contribution in [-0.2, 0) is 9.53 Å². The maximum atomic E-state index is 12.5. The number of para-hydroxylation sites is 3. The van der Waals surface area contributed by atoms with Crippen molar-refractivity contribution in [3.63, 3.8) is 0 Å². The highest BCUT2D eigenvalue weighted by molar-refractivity contribution is 6.35. The molecule has 1 aliphatic rings. The molecule has 8 heteroatoms. The Morgan fingerprint density at radius 2 is 1.79 bits per heavy atom. The number of carbonyl (C=O) groups excluding carboxylic acids is 1. The van der Waals surface area contributed by atoms with Crippen molar-refractivity contribution in [1.82, 2.24) is 4.90 Å². The van der Waals surface area contributed by atoms with Gasteiger partial charge in [0.1, 0.15) is 5.75 Å². The highest BCUT2D eigenvalue weighted by Crippen LogP contribution is 2.28. The Morgan fingerprint density at radius 1 is 1.10 bits per heavy atom. The average molecular weight is 417 g/mol. The standard InChI is InChI=1S/C21H25ClN4O3/c1-3-29-21(27)20(24-23-17-9-5-4-8-16(17)22)26-14-12-25(13-15-26)18-10-6-7-11-19(18)28-2/h4-11,23H,3,12-15H2,1-2H3. The number of benzene rings is 2. The van der Waals surface area contributed by atoms with Gasteiger partial charge < -0.3 is 19.3 Å². The highest BCUT2D eigenvalue weighted by atomic mass is 35.5. The lowest BCUT2D eigenvalue weighted by molar-refractivity contribution is -0.135. The fraction of sp³-hybridized carbons (Fsp3) is 0.333. The molecule has 2 aromatic carbocycles. The first-order chi connectivity index (χ1) is 14.1. The van der Waals surface area contributed by atoms with Crippen LogP contribution in [0.5, 0.6) is 5.75 Å². The second-order valence-corrected chi connectivity index (χ2v) is 6.80. The molecule has 1 heterocycles. The summed E-state index contributed by atoms with van der Waals surface area (Å²) in [4.78, 5) is 16.7. The van der Waals surface area contributed by atoms with E-state index in [0.717, 1.165) is 24.5 Å². The van der Waals surface area contributed by atoms with E-state index in [-0.39, 0.29) is 12.4 Å². The van der Waals surface area contributed by atoms with Crippen LogP contribution >= 0.6 is 11.6 Å². The molecule has 154 valence electrons. The molecule has 1 saturated heterocycles. The molecule has 0 radical (unpaired) electrons.